The van der Waals surface area contributed by atoms with E-state index in [0.717, 1.165) is 32.5 Å². The lowest BCUT2D eigenvalue weighted by atomic mass is 10.0. The van der Waals surface area contributed by atoms with Crippen molar-refractivity contribution in [3.63, 3.8) is 0 Å². The van der Waals surface area contributed by atoms with Gasteiger partial charge in [0.15, 0.2) is 5.25 Å². The van der Waals surface area contributed by atoms with Crippen LogP contribution in [0.15, 0.2) is 30.3 Å². The number of sulfonamides is 1. The minimum Gasteiger partial charge on any atom is -0.299 e. The maximum absolute atomic E-state index is 12.5. The third kappa shape index (κ3) is 4.31. The van der Waals surface area contributed by atoms with Gasteiger partial charge in [-0.2, -0.15) is 5.26 Å². The Hall–Kier alpha value is -1.42. The molecule has 0 amide bonds. The Labute approximate surface area is 139 Å². The normalized spacial score (nSPS) is 18.7. The van der Waals surface area contributed by atoms with E-state index in [9.17, 15) is 8.42 Å². The standard InChI is InChI=1S/C17H25N3O2S/c1-3-17(13-18)23(21,22)19(2)16-9-11-20(12-10-16)14-15-7-5-4-6-8-15/h4-8,16-17H,3,9-12,14H2,1-2H3. The zero-order valence-corrected chi connectivity index (χ0v) is 14.7. The van der Waals surface area contributed by atoms with E-state index in [-0.39, 0.29) is 6.04 Å². The van der Waals surface area contributed by atoms with Crippen molar-refractivity contribution in [2.45, 2.75) is 44.0 Å². The summed E-state index contributed by atoms with van der Waals surface area (Å²) in [6.07, 6.45) is 1.95. The highest BCUT2D eigenvalue weighted by Gasteiger charge is 2.34. The largest absolute Gasteiger partial charge is 0.299 e. The molecule has 0 aliphatic carbocycles. The first kappa shape index (κ1) is 17.9. The lowest BCUT2D eigenvalue weighted by molar-refractivity contribution is 0.163. The van der Waals surface area contributed by atoms with Gasteiger partial charge < -0.3 is 0 Å². The molecule has 6 heteroatoms. The lowest BCUT2D eigenvalue weighted by Crippen LogP contribution is -2.47. The predicted molar refractivity (Wildman–Crippen MR) is 91.1 cm³/mol. The molecule has 1 aromatic carbocycles. The van der Waals surface area contributed by atoms with Crippen molar-refractivity contribution in [2.75, 3.05) is 20.1 Å². The maximum atomic E-state index is 12.5. The Morgan fingerprint density at radius 2 is 1.91 bits per heavy atom. The van der Waals surface area contributed by atoms with E-state index in [2.05, 4.69) is 17.0 Å². The Balaban J connectivity index is 1.92. The number of nitriles is 1. The molecule has 126 valence electrons. The van der Waals surface area contributed by atoms with Crippen LogP contribution in [0.4, 0.5) is 0 Å². The molecular weight excluding hydrogens is 310 g/mol. The van der Waals surface area contributed by atoms with E-state index in [0.29, 0.717) is 6.42 Å². The number of benzene rings is 1. The molecule has 1 saturated heterocycles. The molecule has 1 aliphatic heterocycles. The quantitative estimate of drug-likeness (QED) is 0.799. The third-order valence-corrected chi connectivity index (χ3v) is 6.85. The Morgan fingerprint density at radius 1 is 1.30 bits per heavy atom. The van der Waals surface area contributed by atoms with Gasteiger partial charge in [-0.05, 0) is 24.8 Å². The summed E-state index contributed by atoms with van der Waals surface area (Å²) in [7, 11) is -1.91. The van der Waals surface area contributed by atoms with Crippen LogP contribution in [0.25, 0.3) is 0 Å². The van der Waals surface area contributed by atoms with Gasteiger partial charge in [0, 0.05) is 32.7 Å². The first-order chi connectivity index (χ1) is 11.0. The fraction of sp³-hybridized carbons (Fsp3) is 0.588. The van der Waals surface area contributed by atoms with Gasteiger partial charge in [0.05, 0.1) is 6.07 Å². The molecule has 5 nitrogen and oxygen atoms in total. The van der Waals surface area contributed by atoms with Gasteiger partial charge in [0.25, 0.3) is 0 Å². The first-order valence-corrected chi connectivity index (χ1v) is 9.62. The van der Waals surface area contributed by atoms with Gasteiger partial charge in [-0.25, -0.2) is 12.7 Å². The zero-order valence-electron chi connectivity index (χ0n) is 13.9. The van der Waals surface area contributed by atoms with Crippen molar-refractivity contribution in [3.05, 3.63) is 35.9 Å². The van der Waals surface area contributed by atoms with E-state index in [1.165, 1.54) is 9.87 Å². The smallest absolute Gasteiger partial charge is 0.230 e. The van der Waals surface area contributed by atoms with Crippen LogP contribution in [0.3, 0.4) is 0 Å². The molecule has 0 N–H and O–H groups in total. The number of piperidine rings is 1. The van der Waals surface area contributed by atoms with Crippen LogP contribution >= 0.6 is 0 Å². The first-order valence-electron chi connectivity index (χ1n) is 8.11. The molecule has 1 atom stereocenters. The number of likely N-dealkylation sites (tertiary alicyclic amines) is 1. The molecule has 0 bridgehead atoms. The van der Waals surface area contributed by atoms with Crippen molar-refractivity contribution in [3.8, 4) is 6.07 Å². The maximum Gasteiger partial charge on any atom is 0.230 e. The van der Waals surface area contributed by atoms with E-state index in [4.69, 9.17) is 5.26 Å². The molecule has 1 aliphatic rings. The van der Waals surface area contributed by atoms with E-state index in [1.54, 1.807) is 14.0 Å². The average Bonchev–Trinajstić information content (AvgIpc) is 2.56. The minimum atomic E-state index is -3.52. The Kier molecular flexibility index (Phi) is 6.17. The van der Waals surface area contributed by atoms with E-state index in [1.807, 2.05) is 24.3 Å². The molecule has 1 aromatic rings. The van der Waals surface area contributed by atoms with Crippen LogP contribution in [0.5, 0.6) is 0 Å². The van der Waals surface area contributed by atoms with Crippen LogP contribution in [0.2, 0.25) is 0 Å². The summed E-state index contributed by atoms with van der Waals surface area (Å²) in [6.45, 7) is 4.40. The molecule has 1 fully saturated rings. The number of rotatable bonds is 6. The fourth-order valence-electron chi connectivity index (χ4n) is 3.06. The second-order valence-electron chi connectivity index (χ2n) is 6.08. The topological polar surface area (TPSA) is 64.4 Å². The van der Waals surface area contributed by atoms with Crippen LogP contribution < -0.4 is 0 Å². The molecule has 0 saturated carbocycles. The molecule has 0 spiro atoms. The highest BCUT2D eigenvalue weighted by molar-refractivity contribution is 7.90. The van der Waals surface area contributed by atoms with Crippen LogP contribution in [0.1, 0.15) is 31.7 Å². The number of nitrogens with zero attached hydrogens (tertiary/aromatic N) is 3. The Morgan fingerprint density at radius 3 is 2.43 bits per heavy atom. The molecule has 2 rings (SSSR count). The summed E-state index contributed by atoms with van der Waals surface area (Å²) in [6, 6.07) is 12.2. The van der Waals surface area contributed by atoms with E-state index >= 15 is 0 Å². The van der Waals surface area contributed by atoms with Crippen molar-refractivity contribution < 1.29 is 8.42 Å². The second-order valence-corrected chi connectivity index (χ2v) is 8.26. The summed E-state index contributed by atoms with van der Waals surface area (Å²) in [4.78, 5) is 2.36. The van der Waals surface area contributed by atoms with Gasteiger partial charge in [0.2, 0.25) is 10.0 Å². The summed E-state index contributed by atoms with van der Waals surface area (Å²) >= 11 is 0. The second kappa shape index (κ2) is 7.91. The molecule has 1 unspecified atom stereocenters. The Bertz CT molecular complexity index is 632. The number of hydrogen-bond acceptors (Lipinski definition) is 4. The van der Waals surface area contributed by atoms with Gasteiger partial charge in [-0.15, -0.1) is 0 Å². The van der Waals surface area contributed by atoms with Crippen molar-refractivity contribution in [1.82, 2.24) is 9.21 Å². The van der Waals surface area contributed by atoms with Gasteiger partial charge in [-0.3, -0.25) is 4.90 Å². The summed E-state index contributed by atoms with van der Waals surface area (Å²) in [5.41, 5.74) is 1.28. The highest BCUT2D eigenvalue weighted by atomic mass is 32.2. The molecular formula is C17H25N3O2S. The minimum absolute atomic E-state index is 0.00516. The predicted octanol–water partition coefficient (Wildman–Crippen LogP) is 2.21. The molecule has 1 heterocycles. The van der Waals surface area contributed by atoms with E-state index < -0.39 is 15.3 Å². The summed E-state index contributed by atoms with van der Waals surface area (Å²) < 4.78 is 26.3. The van der Waals surface area contributed by atoms with Crippen LogP contribution in [-0.2, 0) is 16.6 Å². The lowest BCUT2D eigenvalue weighted by Gasteiger charge is -2.36. The SMILES string of the molecule is CCC(C#N)S(=O)(=O)N(C)C1CCN(Cc2ccccc2)CC1. The average molecular weight is 335 g/mol. The summed E-state index contributed by atoms with van der Waals surface area (Å²) in [5, 5.41) is 8.12. The van der Waals surface area contributed by atoms with Crippen molar-refractivity contribution >= 4 is 10.0 Å². The summed E-state index contributed by atoms with van der Waals surface area (Å²) in [5.74, 6) is 0. The molecule has 23 heavy (non-hydrogen) atoms. The monoisotopic (exact) mass is 335 g/mol. The van der Waals surface area contributed by atoms with Crippen molar-refractivity contribution in [2.24, 2.45) is 0 Å². The van der Waals surface area contributed by atoms with Gasteiger partial charge >= 0.3 is 0 Å². The van der Waals surface area contributed by atoms with Gasteiger partial charge in [-0.1, -0.05) is 37.3 Å². The zero-order chi connectivity index (χ0) is 16.9. The molecule has 0 aromatic heterocycles. The third-order valence-electron chi connectivity index (χ3n) is 4.60. The molecule has 0 radical (unpaired) electrons. The van der Waals surface area contributed by atoms with Gasteiger partial charge in [0.1, 0.15) is 0 Å². The van der Waals surface area contributed by atoms with Crippen LogP contribution in [-0.4, -0.2) is 49.1 Å². The van der Waals surface area contributed by atoms with Crippen LogP contribution in [0, 0.1) is 11.3 Å². The highest BCUT2D eigenvalue weighted by Crippen LogP contribution is 2.22. The number of hydrogen-bond donors (Lipinski definition) is 0. The fourth-order valence-corrected chi connectivity index (χ4v) is 4.64. The van der Waals surface area contributed by atoms with Crippen molar-refractivity contribution in [1.29, 1.82) is 5.26 Å².